The van der Waals surface area contributed by atoms with Gasteiger partial charge in [0.2, 0.25) is 35.4 Å². The van der Waals surface area contributed by atoms with Crippen LogP contribution in [0.1, 0.15) is 223 Å². The zero-order valence-electron chi connectivity index (χ0n) is 57.1. The molecule has 6 heterocycles. The Balaban J connectivity index is 0.000000198. The third-order valence-corrected chi connectivity index (χ3v) is 21.2. The normalized spacial score (nSPS) is 24.0. The Morgan fingerprint density at radius 2 is 0.613 bits per heavy atom. The summed E-state index contributed by atoms with van der Waals surface area (Å²) in [6.07, 6.45) is 12.0. The third kappa shape index (κ3) is 18.9. The summed E-state index contributed by atoms with van der Waals surface area (Å²) in [6.45, 7) is 26.1. The van der Waals surface area contributed by atoms with Gasteiger partial charge in [-0.1, -0.05) is 56.3 Å². The molecule has 3 aliphatic carbocycles. The maximum Gasteiger partial charge on any atom is 0.348 e. The fraction of sp³-hybridized carbons (Fsp3) is 0.625. The van der Waals surface area contributed by atoms with Crippen molar-refractivity contribution in [2.75, 3.05) is 55.5 Å². The van der Waals surface area contributed by atoms with Gasteiger partial charge in [-0.3, -0.25) is 43.5 Å². The monoisotopic (exact) mass is 1330 g/mol. The predicted molar refractivity (Wildman–Crippen MR) is 367 cm³/mol. The van der Waals surface area contributed by atoms with E-state index in [9.17, 15) is 58.5 Å². The van der Waals surface area contributed by atoms with Crippen molar-refractivity contribution < 1.29 is 58.5 Å². The van der Waals surface area contributed by atoms with Crippen LogP contribution in [-0.2, 0) is 28.8 Å². The zero-order chi connectivity index (χ0) is 68.8. The molecule has 0 radical (unpaired) electrons. The number of hydrogen-bond acceptors (Lipinski definition) is 12. The van der Waals surface area contributed by atoms with Crippen LogP contribution < -0.4 is 14.7 Å². The molecule has 6 amide bonds. The number of rotatable bonds is 12. The molecule has 93 heavy (non-hydrogen) atoms. The van der Waals surface area contributed by atoms with Crippen molar-refractivity contribution in [1.29, 1.82) is 0 Å². The minimum Gasteiger partial charge on any atom is -0.477 e. The standard InChI is InChI=1S/3C24H32N2O4S/c3*1-15-6-8-16(9-7-15)21(27)26(18-11-13-25(5)22(18)28)19-14-17(10-12-24(2,3)4)31-20(19)23(29)30/h3*14-16,18H,6-9,11,13H2,1-5H3,(H,29,30)/t2*15?,16?,18-;/m10./s1. The average Bonchev–Trinajstić information content (AvgIpc) is 1.68. The molecule has 21 heteroatoms. The van der Waals surface area contributed by atoms with E-state index < -0.39 is 36.0 Å². The van der Waals surface area contributed by atoms with E-state index in [1.165, 1.54) is 14.7 Å². The molecule has 3 aromatic rings. The van der Waals surface area contributed by atoms with Crippen LogP contribution in [0.25, 0.3) is 0 Å². The second kappa shape index (κ2) is 30.6. The number of thiophene rings is 3. The Morgan fingerprint density at radius 1 is 0.398 bits per heavy atom. The Labute approximate surface area is 562 Å². The van der Waals surface area contributed by atoms with Crippen molar-refractivity contribution in [3.8, 4) is 35.5 Å². The number of carboxylic acids is 3. The molecule has 1 unspecified atom stereocenters. The minimum atomic E-state index is -1.10. The molecule has 3 aliphatic heterocycles. The van der Waals surface area contributed by atoms with Gasteiger partial charge < -0.3 is 30.0 Å². The highest BCUT2D eigenvalue weighted by atomic mass is 32.1. The van der Waals surface area contributed by atoms with Crippen LogP contribution in [0.4, 0.5) is 17.1 Å². The fourth-order valence-corrected chi connectivity index (χ4v) is 15.2. The quantitative estimate of drug-likeness (QED) is 0.144. The maximum atomic E-state index is 13.7. The average molecular weight is 1330 g/mol. The second-order valence-electron chi connectivity index (χ2n) is 29.6. The highest BCUT2D eigenvalue weighted by Gasteiger charge is 2.46. The molecule has 3 saturated heterocycles. The van der Waals surface area contributed by atoms with E-state index in [1.807, 2.05) is 62.3 Å². The number of hydrogen-bond donors (Lipinski definition) is 3. The molecular formula is C72H96N6O12S3. The molecular weight excluding hydrogens is 1240 g/mol. The number of likely N-dealkylation sites (tertiary alicyclic amines) is 3. The van der Waals surface area contributed by atoms with Crippen LogP contribution in [0.15, 0.2) is 18.2 Å². The summed E-state index contributed by atoms with van der Waals surface area (Å²) < 4.78 is 0. The van der Waals surface area contributed by atoms with Crippen LogP contribution in [0.2, 0.25) is 0 Å². The number of anilines is 3. The molecule has 3 aromatic heterocycles. The van der Waals surface area contributed by atoms with Crippen molar-refractivity contribution >= 4 is 104 Å². The first-order valence-electron chi connectivity index (χ1n) is 32.9. The summed E-state index contributed by atoms with van der Waals surface area (Å²) >= 11 is 3.21. The van der Waals surface area contributed by atoms with Gasteiger partial charge in [-0.15, -0.1) is 34.0 Å². The van der Waals surface area contributed by atoms with Crippen LogP contribution >= 0.6 is 34.0 Å². The summed E-state index contributed by atoms with van der Waals surface area (Å²) in [5.41, 5.74) is 0.248. The molecule has 18 nitrogen and oxygen atoms in total. The lowest BCUT2D eigenvalue weighted by Gasteiger charge is -2.33. The summed E-state index contributed by atoms with van der Waals surface area (Å²) in [7, 11) is 5.16. The molecule has 0 spiro atoms. The minimum absolute atomic E-state index is 0.0677. The van der Waals surface area contributed by atoms with Gasteiger partial charge in [-0.2, -0.15) is 0 Å². The first-order valence-corrected chi connectivity index (χ1v) is 35.3. The summed E-state index contributed by atoms with van der Waals surface area (Å²) in [4.78, 5) is 127. The van der Waals surface area contributed by atoms with E-state index >= 15 is 0 Å². The van der Waals surface area contributed by atoms with E-state index in [1.54, 1.807) is 54.0 Å². The van der Waals surface area contributed by atoms with Crippen LogP contribution in [-0.4, -0.2) is 142 Å². The van der Waals surface area contributed by atoms with E-state index in [0.717, 1.165) is 111 Å². The van der Waals surface area contributed by atoms with Gasteiger partial charge in [0, 0.05) is 74.8 Å². The topological polar surface area (TPSA) is 234 Å². The van der Waals surface area contributed by atoms with Gasteiger partial charge in [0.25, 0.3) is 0 Å². The van der Waals surface area contributed by atoms with Gasteiger partial charge >= 0.3 is 17.9 Å². The fourth-order valence-electron chi connectivity index (χ4n) is 12.6. The Hall–Kier alpha value is -6.99. The van der Waals surface area contributed by atoms with Crippen molar-refractivity contribution in [1.82, 2.24) is 14.7 Å². The summed E-state index contributed by atoms with van der Waals surface area (Å²) in [5, 5.41) is 29.6. The van der Waals surface area contributed by atoms with E-state index in [2.05, 4.69) is 56.3 Å². The number of amides is 6. The number of carbonyl (C=O) groups excluding carboxylic acids is 6. The van der Waals surface area contributed by atoms with Crippen LogP contribution in [0.3, 0.4) is 0 Å². The highest BCUT2D eigenvalue weighted by Crippen LogP contribution is 2.42. The lowest BCUT2D eigenvalue weighted by atomic mass is 9.82. The molecule has 3 saturated carbocycles. The van der Waals surface area contributed by atoms with Crippen molar-refractivity contribution in [2.24, 2.45) is 51.8 Å². The highest BCUT2D eigenvalue weighted by molar-refractivity contribution is 7.16. The molecule has 0 aromatic carbocycles. The van der Waals surface area contributed by atoms with E-state index in [4.69, 9.17) is 0 Å². The Bertz CT molecular complexity index is 3140. The number of aromatic carboxylic acids is 3. The first-order chi connectivity index (χ1) is 43.4. The smallest absolute Gasteiger partial charge is 0.348 e. The van der Waals surface area contributed by atoms with E-state index in [-0.39, 0.29) is 84.1 Å². The van der Waals surface area contributed by atoms with Crippen LogP contribution in [0.5, 0.6) is 0 Å². The number of likely N-dealkylation sites (N-methyl/N-ethyl adjacent to an activating group) is 3. The Morgan fingerprint density at radius 3 is 0.785 bits per heavy atom. The Kier molecular flexibility index (Phi) is 24.2. The van der Waals surface area contributed by atoms with Gasteiger partial charge in [-0.25, -0.2) is 14.4 Å². The summed E-state index contributed by atoms with van der Waals surface area (Å²) in [5.74, 6) is 15.7. The number of carboxylic acid groups (broad SMARTS) is 3. The maximum absolute atomic E-state index is 13.7. The third-order valence-electron chi connectivity index (χ3n) is 18.1. The van der Waals surface area contributed by atoms with Gasteiger partial charge in [-0.05, 0) is 195 Å². The predicted octanol–water partition coefficient (Wildman–Crippen LogP) is 12.7. The van der Waals surface area contributed by atoms with Crippen LogP contribution in [0, 0.1) is 87.3 Å². The van der Waals surface area contributed by atoms with E-state index in [0.29, 0.717) is 88.3 Å². The lowest BCUT2D eigenvalue weighted by molar-refractivity contribution is -0.131. The van der Waals surface area contributed by atoms with Crippen molar-refractivity contribution in [3.05, 3.63) is 47.5 Å². The SMILES string of the molecule is CC1CCC(C(=O)N(c2cc(C#CC(C)(C)C)sc2C(=O)O)C2CCN(C)C2=O)CC1.CC1CCC(C(=O)N(c2cc(C#CC(C)(C)C)sc2C(=O)O)[C@@H]2CCN(C)C2=O)CC1.CC1CCC(C(=O)N(c2cc(C#CC(C)(C)C)sc2C(=O)O)[C@H]2CCN(C)C2=O)CC1. The largest absolute Gasteiger partial charge is 0.477 e. The van der Waals surface area contributed by atoms with Gasteiger partial charge in [0.1, 0.15) is 32.8 Å². The molecule has 9 rings (SSSR count). The first kappa shape index (κ1) is 73.4. The molecule has 0 bridgehead atoms. The second-order valence-corrected chi connectivity index (χ2v) is 32.7. The lowest BCUT2D eigenvalue weighted by Crippen LogP contribution is -2.48. The number of nitrogens with zero attached hydrogens (tertiary/aromatic N) is 6. The van der Waals surface area contributed by atoms with Crippen molar-refractivity contribution in [3.63, 3.8) is 0 Å². The molecule has 3 atom stereocenters. The summed E-state index contributed by atoms with van der Waals surface area (Å²) in [6, 6.07) is 3.07. The van der Waals surface area contributed by atoms with Crippen molar-refractivity contribution in [2.45, 2.75) is 198 Å². The molecule has 504 valence electrons. The number of carbonyl (C=O) groups is 9. The molecule has 3 N–H and O–H groups in total. The van der Waals surface area contributed by atoms with Gasteiger partial charge in [0.15, 0.2) is 0 Å². The zero-order valence-corrected chi connectivity index (χ0v) is 59.5. The van der Waals surface area contributed by atoms with Gasteiger partial charge in [0.05, 0.1) is 31.7 Å². The molecule has 6 fully saturated rings. The molecule has 6 aliphatic rings.